The summed E-state index contributed by atoms with van der Waals surface area (Å²) in [7, 11) is 0. The summed E-state index contributed by atoms with van der Waals surface area (Å²) in [5.74, 6) is 10.3. The predicted octanol–water partition coefficient (Wildman–Crippen LogP) is -3.01. The van der Waals surface area contributed by atoms with Crippen molar-refractivity contribution in [3.05, 3.63) is 96.1 Å². The number of nitrogens with one attached hydrogen (secondary N) is 6. The van der Waals surface area contributed by atoms with E-state index >= 15 is 0 Å². The zero-order valence-electron chi connectivity index (χ0n) is 39.7. The Hall–Kier alpha value is -7.85. The molecule has 4 aromatic heterocycles. The van der Waals surface area contributed by atoms with Crippen molar-refractivity contribution in [1.29, 1.82) is 0 Å². The highest BCUT2D eigenvalue weighted by Crippen LogP contribution is 2.36. The molecule has 4 amide bonds. The van der Waals surface area contributed by atoms with Gasteiger partial charge in [-0.1, -0.05) is 72.5 Å². The minimum atomic E-state index is -1.36. The molecule has 4 heterocycles. The van der Waals surface area contributed by atoms with Gasteiger partial charge in [0.2, 0.25) is 23.5 Å². The first-order valence-electron chi connectivity index (χ1n) is 23.7. The zero-order chi connectivity index (χ0) is 52.3. The van der Waals surface area contributed by atoms with Gasteiger partial charge in [-0.2, -0.15) is 0 Å². The van der Waals surface area contributed by atoms with E-state index in [0.29, 0.717) is 12.8 Å². The average molecular weight is 1020 g/mol. The molecule has 2 fully saturated rings. The molecule has 25 heteroatoms. The number of aliphatic hydroxyl groups is 8. The van der Waals surface area contributed by atoms with Crippen LogP contribution < -0.4 is 31.9 Å². The number of imidazole rings is 2. The van der Waals surface area contributed by atoms with Gasteiger partial charge in [0.25, 0.3) is 0 Å². The van der Waals surface area contributed by atoms with Crippen LogP contribution >= 0.6 is 0 Å². The van der Waals surface area contributed by atoms with Gasteiger partial charge in [0.05, 0.1) is 75.2 Å². The van der Waals surface area contributed by atoms with E-state index in [2.05, 4.69) is 85.5 Å². The van der Waals surface area contributed by atoms with Gasteiger partial charge in [0.1, 0.15) is 37.6 Å². The predicted molar refractivity (Wildman–Crippen MR) is 264 cm³/mol. The molecular formula is C49H56N14O11. The molecule has 0 aliphatic heterocycles. The smallest absolute Gasteiger partial charge is 0.316 e. The Kier molecular flexibility index (Phi) is 17.2. The first kappa shape index (κ1) is 52.5. The molecule has 0 radical (unpaired) electrons. The number of nitrogens with zero attached hydrogens (tertiary/aromatic N) is 8. The molecule has 6 aromatic rings. The molecule has 2 aliphatic rings. The molecule has 25 nitrogen and oxygen atoms in total. The van der Waals surface area contributed by atoms with Crippen LogP contribution in [-0.4, -0.2) is 186 Å². The molecule has 2 saturated carbocycles. The Labute approximate surface area is 422 Å². The van der Waals surface area contributed by atoms with Crippen molar-refractivity contribution in [2.24, 2.45) is 0 Å². The Morgan fingerprint density at radius 1 is 0.581 bits per heavy atom. The molecule has 2 aromatic carbocycles. The Morgan fingerprint density at radius 2 is 0.986 bits per heavy atom. The largest absolute Gasteiger partial charge is 0.394 e. The highest BCUT2D eigenvalue weighted by Gasteiger charge is 2.45. The van der Waals surface area contributed by atoms with Gasteiger partial charge in [-0.25, -0.2) is 34.7 Å². The SMILES string of the molecule is O=C(CO)N[C@H]1C[C@@H](n2cnc3c(N[C@H](CO)Cc4ccccc4)nc(C#CCNC(=O)NCC#Cc4nc(N[C@H](CO)Cc5ccccc5)c5ncn([C@@H]6C[C@H](NC(=O)CO)[C@@H](O)[C@H]6O)c5n4)nc32)[C@H](O)[C@@H]1O. The topological polar surface area (TPSA) is 372 Å². The van der Waals surface area contributed by atoms with Crippen LogP contribution in [0.5, 0.6) is 0 Å². The van der Waals surface area contributed by atoms with E-state index in [4.69, 9.17) is 0 Å². The molecule has 10 atom stereocenters. The molecule has 74 heavy (non-hydrogen) atoms. The fourth-order valence-electron chi connectivity index (χ4n) is 9.05. The van der Waals surface area contributed by atoms with Crippen molar-refractivity contribution < 1.29 is 55.2 Å². The maximum atomic E-state index is 12.9. The number of aromatic nitrogens is 8. The molecule has 0 bridgehead atoms. The van der Waals surface area contributed by atoms with E-state index in [1.54, 1.807) is 9.13 Å². The molecule has 0 saturated heterocycles. The van der Waals surface area contributed by atoms with Crippen LogP contribution in [0.3, 0.4) is 0 Å². The first-order chi connectivity index (χ1) is 35.9. The number of benzene rings is 2. The second-order valence-electron chi connectivity index (χ2n) is 17.7. The number of carbonyl (C=O) groups is 3. The number of urea groups is 1. The molecule has 14 N–H and O–H groups in total. The summed E-state index contributed by atoms with van der Waals surface area (Å²) in [6.07, 6.45) is -1.60. The lowest BCUT2D eigenvalue weighted by Crippen LogP contribution is -2.44. The fourth-order valence-corrected chi connectivity index (χ4v) is 9.05. The van der Waals surface area contributed by atoms with Crippen molar-refractivity contribution in [1.82, 2.24) is 60.3 Å². The van der Waals surface area contributed by atoms with E-state index in [0.717, 1.165) is 11.1 Å². The van der Waals surface area contributed by atoms with Crippen molar-refractivity contribution >= 4 is 51.8 Å². The summed E-state index contributed by atoms with van der Waals surface area (Å²) in [6, 6.07) is 13.9. The summed E-state index contributed by atoms with van der Waals surface area (Å²) in [5, 5.41) is 99.6. The highest BCUT2D eigenvalue weighted by molar-refractivity contribution is 5.85. The van der Waals surface area contributed by atoms with Crippen LogP contribution in [0.2, 0.25) is 0 Å². The fraction of sp³-hybridized carbons (Fsp3) is 0.408. The number of rotatable bonds is 18. The summed E-state index contributed by atoms with van der Waals surface area (Å²) < 4.78 is 3.08. The van der Waals surface area contributed by atoms with Crippen LogP contribution in [0.1, 0.15) is 47.7 Å². The van der Waals surface area contributed by atoms with E-state index < -0.39 is 91.7 Å². The maximum Gasteiger partial charge on any atom is 0.316 e. The van der Waals surface area contributed by atoms with Gasteiger partial charge in [0.15, 0.2) is 34.0 Å². The molecular weight excluding hydrogens is 961 g/mol. The van der Waals surface area contributed by atoms with E-state index in [1.165, 1.54) is 12.7 Å². The lowest BCUT2D eigenvalue weighted by Gasteiger charge is -2.19. The van der Waals surface area contributed by atoms with Crippen molar-refractivity contribution in [2.75, 3.05) is 50.2 Å². The van der Waals surface area contributed by atoms with Crippen LogP contribution in [0.25, 0.3) is 22.3 Å². The third-order valence-corrected chi connectivity index (χ3v) is 12.7. The monoisotopic (exact) mass is 1020 g/mol. The minimum absolute atomic E-state index is 0.00570. The molecule has 388 valence electrons. The molecule has 8 rings (SSSR count). The van der Waals surface area contributed by atoms with Gasteiger partial charge >= 0.3 is 6.03 Å². The second kappa shape index (κ2) is 24.2. The number of aliphatic hydroxyl groups excluding tert-OH is 8. The van der Waals surface area contributed by atoms with Crippen molar-refractivity contribution in [2.45, 2.75) is 86.4 Å². The van der Waals surface area contributed by atoms with Gasteiger partial charge < -0.3 is 81.9 Å². The maximum absolute atomic E-state index is 12.9. The van der Waals surface area contributed by atoms with E-state index in [9.17, 15) is 55.2 Å². The number of carbonyl (C=O) groups excluding carboxylic acids is 3. The third kappa shape index (κ3) is 12.3. The van der Waals surface area contributed by atoms with Gasteiger partial charge in [-0.15, -0.1) is 0 Å². The van der Waals surface area contributed by atoms with Crippen LogP contribution in [0, 0.1) is 23.7 Å². The van der Waals surface area contributed by atoms with E-state index in [1.807, 2.05) is 60.7 Å². The minimum Gasteiger partial charge on any atom is -0.394 e. The summed E-state index contributed by atoms with van der Waals surface area (Å²) in [4.78, 5) is 64.2. The van der Waals surface area contributed by atoms with Crippen LogP contribution in [0.15, 0.2) is 73.3 Å². The quantitative estimate of drug-likeness (QED) is 0.0381. The molecule has 0 unspecified atom stereocenters. The summed E-state index contributed by atoms with van der Waals surface area (Å²) >= 11 is 0. The van der Waals surface area contributed by atoms with Crippen LogP contribution in [-0.2, 0) is 22.4 Å². The molecule has 0 spiro atoms. The lowest BCUT2D eigenvalue weighted by molar-refractivity contribution is -0.126. The lowest BCUT2D eigenvalue weighted by atomic mass is 10.1. The second-order valence-corrected chi connectivity index (χ2v) is 17.7. The number of anilines is 2. The zero-order valence-corrected chi connectivity index (χ0v) is 39.7. The van der Waals surface area contributed by atoms with E-state index in [-0.39, 0.29) is 84.8 Å². The number of hydrogen-bond acceptors (Lipinski definition) is 19. The normalized spacial score (nSPS) is 21.9. The summed E-state index contributed by atoms with van der Waals surface area (Å²) in [5.41, 5.74) is 2.89. The Bertz CT molecular complexity index is 2850. The molecule has 2 aliphatic carbocycles. The van der Waals surface area contributed by atoms with Crippen molar-refractivity contribution in [3.8, 4) is 23.7 Å². The number of fused-ring (bicyclic) bond motifs is 2. The van der Waals surface area contributed by atoms with Gasteiger partial charge in [-0.05, 0) is 48.7 Å². The standard InChI is InChI=1S/C49H56N14O11/c64-21-29(17-27-9-3-1-4-10-27)54-45-39-47(62(25-52-39)33-19-31(41(70)43(33)72)56-37(68)23-66)60-35(58-45)13-7-15-50-49(74)51-16-8-14-36-59-46(55-30(22-65)18-28-11-5-2-6-12-28)40-48(61-36)63(26-53-40)34-20-32(42(71)44(34)73)57-38(69)24-67/h1-6,9-12,25-26,29-34,41-44,64-67,70-73H,15-24H2,(H,56,68)(H,57,69)(H2,50,51,74)(H,54,58,60)(H,55,59,61)/t29-,30-,31-,32-,33+,34+,41+,42+,43-,44-/m0/s1. The number of amides is 4. The first-order valence-corrected chi connectivity index (χ1v) is 23.7. The third-order valence-electron chi connectivity index (χ3n) is 12.7. The highest BCUT2D eigenvalue weighted by atomic mass is 16.3. The van der Waals surface area contributed by atoms with Crippen molar-refractivity contribution in [3.63, 3.8) is 0 Å². The number of hydrogen-bond donors (Lipinski definition) is 14. The average Bonchev–Trinajstić information content (AvgIpc) is 4.18. The summed E-state index contributed by atoms with van der Waals surface area (Å²) in [6.45, 7) is -2.48. The van der Waals surface area contributed by atoms with Gasteiger partial charge in [-0.3, -0.25) is 9.59 Å². The Balaban J connectivity index is 0.977. The van der Waals surface area contributed by atoms with Gasteiger partial charge in [0, 0.05) is 0 Å². The Morgan fingerprint density at radius 3 is 1.36 bits per heavy atom. The van der Waals surface area contributed by atoms with Crippen LogP contribution in [0.4, 0.5) is 16.4 Å².